The molecule has 0 aliphatic carbocycles. The highest BCUT2D eigenvalue weighted by molar-refractivity contribution is 9.10. The summed E-state index contributed by atoms with van der Waals surface area (Å²) >= 11 is 3.37. The van der Waals surface area contributed by atoms with Gasteiger partial charge in [-0.3, -0.25) is 9.59 Å². The van der Waals surface area contributed by atoms with E-state index in [1.54, 1.807) is 4.90 Å². The molecule has 1 N–H and O–H groups in total. The van der Waals surface area contributed by atoms with E-state index in [0.29, 0.717) is 19.5 Å². The summed E-state index contributed by atoms with van der Waals surface area (Å²) in [4.78, 5) is 25.5. The highest BCUT2D eigenvalue weighted by atomic mass is 79.9. The minimum Gasteiger partial charge on any atom is -0.354 e. The third kappa shape index (κ3) is 5.49. The number of hydrogen-bond donors (Lipinski definition) is 1. The molecule has 4 nitrogen and oxygen atoms in total. The Morgan fingerprint density at radius 1 is 1.04 bits per heavy atom. The van der Waals surface area contributed by atoms with Crippen LogP contribution in [0, 0.1) is 6.92 Å². The minimum absolute atomic E-state index is 0.0407. The molecule has 0 fully saturated rings. The molecule has 0 aliphatic heterocycles. The lowest BCUT2D eigenvalue weighted by atomic mass is 10.1. The van der Waals surface area contributed by atoms with Crippen LogP contribution in [0.1, 0.15) is 18.1 Å². The zero-order valence-electron chi connectivity index (χ0n) is 13.9. The highest BCUT2D eigenvalue weighted by Crippen LogP contribution is 2.15. The van der Waals surface area contributed by atoms with E-state index in [4.69, 9.17) is 0 Å². The fourth-order valence-corrected chi connectivity index (χ4v) is 2.61. The van der Waals surface area contributed by atoms with Crippen LogP contribution in [-0.2, 0) is 16.0 Å². The Bertz CT molecular complexity index is 696. The average molecular weight is 389 g/mol. The SMILES string of the molecule is CC(=O)N(CCNC(=O)Cc1ccc(Br)cc1)c1ccc(C)cc1. The monoisotopic (exact) mass is 388 g/mol. The number of rotatable bonds is 6. The topological polar surface area (TPSA) is 49.4 Å². The van der Waals surface area contributed by atoms with Crippen molar-refractivity contribution in [2.75, 3.05) is 18.0 Å². The van der Waals surface area contributed by atoms with Gasteiger partial charge in [-0.2, -0.15) is 0 Å². The zero-order chi connectivity index (χ0) is 17.5. The van der Waals surface area contributed by atoms with Crippen LogP contribution in [0.15, 0.2) is 53.0 Å². The number of carbonyl (C=O) groups is 2. The second-order valence-corrected chi connectivity index (χ2v) is 6.58. The van der Waals surface area contributed by atoms with E-state index in [9.17, 15) is 9.59 Å². The largest absolute Gasteiger partial charge is 0.354 e. The molecule has 126 valence electrons. The highest BCUT2D eigenvalue weighted by Gasteiger charge is 2.11. The summed E-state index contributed by atoms with van der Waals surface area (Å²) in [5.41, 5.74) is 2.94. The molecule has 0 unspecified atom stereocenters. The molecule has 2 rings (SSSR count). The fraction of sp³-hybridized carbons (Fsp3) is 0.263. The summed E-state index contributed by atoms with van der Waals surface area (Å²) in [6, 6.07) is 15.4. The Morgan fingerprint density at radius 3 is 2.25 bits per heavy atom. The van der Waals surface area contributed by atoms with Gasteiger partial charge in [0.1, 0.15) is 0 Å². The van der Waals surface area contributed by atoms with E-state index in [-0.39, 0.29) is 11.8 Å². The first kappa shape index (κ1) is 18.2. The number of nitrogens with one attached hydrogen (secondary N) is 1. The number of hydrogen-bond acceptors (Lipinski definition) is 2. The molecule has 0 atom stereocenters. The van der Waals surface area contributed by atoms with Gasteiger partial charge in [0, 0.05) is 30.2 Å². The van der Waals surface area contributed by atoms with Crippen LogP contribution in [0.5, 0.6) is 0 Å². The van der Waals surface area contributed by atoms with Crippen LogP contribution in [0.25, 0.3) is 0 Å². The Kier molecular flexibility index (Phi) is 6.55. The maximum atomic E-state index is 12.0. The Morgan fingerprint density at radius 2 is 1.67 bits per heavy atom. The Hall–Kier alpha value is -2.14. The van der Waals surface area contributed by atoms with E-state index in [2.05, 4.69) is 21.2 Å². The quantitative estimate of drug-likeness (QED) is 0.823. The molecule has 0 spiro atoms. The van der Waals surface area contributed by atoms with Gasteiger partial charge < -0.3 is 10.2 Å². The number of nitrogens with zero attached hydrogens (tertiary/aromatic N) is 1. The van der Waals surface area contributed by atoms with E-state index >= 15 is 0 Å². The molecule has 0 saturated heterocycles. The van der Waals surface area contributed by atoms with Crippen molar-refractivity contribution in [1.29, 1.82) is 0 Å². The normalized spacial score (nSPS) is 10.3. The predicted molar refractivity (Wildman–Crippen MR) is 100 cm³/mol. The first-order chi connectivity index (χ1) is 11.5. The van der Waals surface area contributed by atoms with Gasteiger partial charge >= 0.3 is 0 Å². The third-order valence-electron chi connectivity index (χ3n) is 3.66. The van der Waals surface area contributed by atoms with Crippen molar-refractivity contribution in [1.82, 2.24) is 5.32 Å². The molecular formula is C19H21BrN2O2. The molecular weight excluding hydrogens is 368 g/mol. The Labute approximate surface area is 151 Å². The first-order valence-corrected chi connectivity index (χ1v) is 8.61. The van der Waals surface area contributed by atoms with Crippen LogP contribution >= 0.6 is 15.9 Å². The van der Waals surface area contributed by atoms with Crippen LogP contribution in [-0.4, -0.2) is 24.9 Å². The summed E-state index contributed by atoms with van der Waals surface area (Å²) in [5.74, 6) is -0.0919. The standard InChI is InChI=1S/C19H21BrN2O2/c1-14-3-9-18(10-4-14)22(15(2)23)12-11-21-19(24)13-16-5-7-17(20)8-6-16/h3-10H,11-13H2,1-2H3,(H,21,24). The Balaban J connectivity index is 1.86. The van der Waals surface area contributed by atoms with Gasteiger partial charge in [-0.15, -0.1) is 0 Å². The number of aryl methyl sites for hydroxylation is 1. The van der Waals surface area contributed by atoms with Gasteiger partial charge in [-0.1, -0.05) is 45.8 Å². The number of halogens is 1. The number of amides is 2. The zero-order valence-corrected chi connectivity index (χ0v) is 15.5. The van der Waals surface area contributed by atoms with E-state index in [0.717, 1.165) is 21.3 Å². The molecule has 24 heavy (non-hydrogen) atoms. The molecule has 2 aromatic rings. The third-order valence-corrected chi connectivity index (χ3v) is 4.19. The van der Waals surface area contributed by atoms with Crippen molar-refractivity contribution in [3.63, 3.8) is 0 Å². The number of benzene rings is 2. The van der Waals surface area contributed by atoms with Crippen molar-refractivity contribution in [2.45, 2.75) is 20.3 Å². The van der Waals surface area contributed by atoms with Gasteiger partial charge in [-0.25, -0.2) is 0 Å². The van der Waals surface area contributed by atoms with Gasteiger partial charge in [0.15, 0.2) is 0 Å². The lowest BCUT2D eigenvalue weighted by Gasteiger charge is -2.21. The maximum Gasteiger partial charge on any atom is 0.224 e. The van der Waals surface area contributed by atoms with E-state index in [1.165, 1.54) is 6.92 Å². The molecule has 0 saturated carbocycles. The lowest BCUT2D eigenvalue weighted by molar-refractivity contribution is -0.121. The van der Waals surface area contributed by atoms with Crippen LogP contribution < -0.4 is 10.2 Å². The van der Waals surface area contributed by atoms with Gasteiger partial charge in [0.25, 0.3) is 0 Å². The molecule has 5 heteroatoms. The van der Waals surface area contributed by atoms with Crippen LogP contribution in [0.3, 0.4) is 0 Å². The van der Waals surface area contributed by atoms with Crippen molar-refractivity contribution in [2.24, 2.45) is 0 Å². The molecule has 0 radical (unpaired) electrons. The van der Waals surface area contributed by atoms with Crippen molar-refractivity contribution in [3.8, 4) is 0 Å². The summed E-state index contributed by atoms with van der Waals surface area (Å²) in [6.45, 7) is 4.40. The van der Waals surface area contributed by atoms with Crippen molar-refractivity contribution < 1.29 is 9.59 Å². The van der Waals surface area contributed by atoms with Gasteiger partial charge in [-0.05, 0) is 36.8 Å². The van der Waals surface area contributed by atoms with Crippen LogP contribution in [0.2, 0.25) is 0 Å². The van der Waals surface area contributed by atoms with Gasteiger partial charge in [0.2, 0.25) is 11.8 Å². The average Bonchev–Trinajstić information content (AvgIpc) is 2.54. The molecule has 0 heterocycles. The second-order valence-electron chi connectivity index (χ2n) is 5.66. The first-order valence-electron chi connectivity index (χ1n) is 7.81. The summed E-state index contributed by atoms with van der Waals surface area (Å²) < 4.78 is 0.988. The molecule has 2 aromatic carbocycles. The van der Waals surface area contributed by atoms with E-state index < -0.39 is 0 Å². The fourth-order valence-electron chi connectivity index (χ4n) is 2.35. The van der Waals surface area contributed by atoms with Crippen molar-refractivity contribution in [3.05, 3.63) is 64.1 Å². The molecule has 0 bridgehead atoms. The second kappa shape index (κ2) is 8.64. The lowest BCUT2D eigenvalue weighted by Crippen LogP contribution is -2.38. The smallest absolute Gasteiger partial charge is 0.224 e. The van der Waals surface area contributed by atoms with Crippen LogP contribution in [0.4, 0.5) is 5.69 Å². The summed E-state index contributed by atoms with van der Waals surface area (Å²) in [6.07, 6.45) is 0.331. The molecule has 0 aromatic heterocycles. The molecule has 0 aliphatic rings. The predicted octanol–water partition coefficient (Wildman–Crippen LogP) is 3.47. The molecule has 2 amide bonds. The van der Waals surface area contributed by atoms with E-state index in [1.807, 2.05) is 55.5 Å². The number of carbonyl (C=O) groups excluding carboxylic acids is 2. The van der Waals surface area contributed by atoms with Crippen molar-refractivity contribution >= 4 is 33.4 Å². The summed E-state index contributed by atoms with van der Waals surface area (Å²) in [5, 5.41) is 2.87. The number of anilines is 1. The summed E-state index contributed by atoms with van der Waals surface area (Å²) in [7, 11) is 0. The maximum absolute atomic E-state index is 12.0. The van der Waals surface area contributed by atoms with Gasteiger partial charge in [0.05, 0.1) is 6.42 Å². The minimum atomic E-state index is -0.0512.